The van der Waals surface area contributed by atoms with Gasteiger partial charge < -0.3 is 9.64 Å². The molecule has 3 rings (SSSR count). The number of hydrogen-bond donors (Lipinski definition) is 0. The van der Waals surface area contributed by atoms with Gasteiger partial charge in [-0.2, -0.15) is 0 Å². The zero-order chi connectivity index (χ0) is 19.4. The van der Waals surface area contributed by atoms with Gasteiger partial charge in [0, 0.05) is 17.8 Å². The zero-order valence-corrected chi connectivity index (χ0v) is 15.3. The number of benzene rings is 2. The summed E-state index contributed by atoms with van der Waals surface area (Å²) in [5, 5.41) is 11.0. The number of halogens is 1. The van der Waals surface area contributed by atoms with Crippen LogP contribution in [0.2, 0.25) is 0 Å². The summed E-state index contributed by atoms with van der Waals surface area (Å²) in [4.78, 5) is 14.4. The number of hydrogen-bond acceptors (Lipinski definition) is 5. The summed E-state index contributed by atoms with van der Waals surface area (Å²) in [6.45, 7) is 3.78. The van der Waals surface area contributed by atoms with Crippen LogP contribution in [0.25, 0.3) is 5.69 Å². The van der Waals surface area contributed by atoms with Gasteiger partial charge in [0.2, 0.25) is 5.91 Å². The number of tetrazole rings is 1. The Balaban J connectivity index is 1.78. The van der Waals surface area contributed by atoms with Gasteiger partial charge in [-0.3, -0.25) is 4.79 Å². The third kappa shape index (κ3) is 4.11. The molecule has 0 aliphatic carbocycles. The van der Waals surface area contributed by atoms with Crippen molar-refractivity contribution >= 4 is 11.6 Å². The van der Waals surface area contributed by atoms with E-state index in [1.807, 2.05) is 38.1 Å². The van der Waals surface area contributed by atoms with Crippen molar-refractivity contribution < 1.29 is 13.9 Å². The maximum absolute atomic E-state index is 14.1. The summed E-state index contributed by atoms with van der Waals surface area (Å²) in [5.41, 5.74) is 2.14. The predicted octanol–water partition coefficient (Wildman–Crippen LogP) is 2.79. The minimum Gasteiger partial charge on any atom is -0.494 e. The van der Waals surface area contributed by atoms with Crippen LogP contribution in [0, 0.1) is 5.82 Å². The van der Waals surface area contributed by atoms with E-state index in [-0.39, 0.29) is 24.1 Å². The molecule has 0 radical (unpaired) electrons. The Morgan fingerprint density at radius 2 is 1.96 bits per heavy atom. The van der Waals surface area contributed by atoms with Crippen molar-refractivity contribution in [2.24, 2.45) is 0 Å². The van der Waals surface area contributed by atoms with Crippen LogP contribution in [0.4, 0.5) is 10.1 Å². The van der Waals surface area contributed by atoms with Crippen molar-refractivity contribution in [2.75, 3.05) is 12.0 Å². The normalized spacial score (nSPS) is 10.9. The Hall–Kier alpha value is -3.29. The van der Waals surface area contributed by atoms with Crippen LogP contribution in [-0.4, -0.2) is 39.3 Å². The van der Waals surface area contributed by atoms with E-state index in [1.165, 1.54) is 30.3 Å². The van der Waals surface area contributed by atoms with Gasteiger partial charge in [-0.15, -0.1) is 5.10 Å². The van der Waals surface area contributed by atoms with Crippen LogP contribution in [0.1, 0.15) is 19.4 Å². The molecule has 0 saturated carbocycles. The molecule has 0 fully saturated rings. The van der Waals surface area contributed by atoms with Crippen molar-refractivity contribution in [3.05, 3.63) is 60.2 Å². The molecule has 0 spiro atoms. The molecule has 8 heteroatoms. The summed E-state index contributed by atoms with van der Waals surface area (Å²) in [5.74, 6) is -0.475. The van der Waals surface area contributed by atoms with Gasteiger partial charge in [-0.05, 0) is 54.1 Å². The van der Waals surface area contributed by atoms with Gasteiger partial charge in [0.05, 0.1) is 19.2 Å². The first-order chi connectivity index (χ1) is 13.0. The van der Waals surface area contributed by atoms with E-state index in [4.69, 9.17) is 4.74 Å². The standard InChI is InChI=1S/C19H20FN5O2/c1-13(2)25(16-8-9-18(27-3)17(20)11-16)19(26)10-14-4-6-15(7-5-14)24-12-21-22-23-24/h4-9,11-13H,10H2,1-3H3. The van der Waals surface area contributed by atoms with Crippen LogP contribution in [-0.2, 0) is 11.2 Å². The first-order valence-electron chi connectivity index (χ1n) is 8.47. The second-order valence-electron chi connectivity index (χ2n) is 6.27. The monoisotopic (exact) mass is 369 g/mol. The lowest BCUT2D eigenvalue weighted by Gasteiger charge is -2.27. The number of aromatic nitrogens is 4. The number of anilines is 1. The van der Waals surface area contributed by atoms with Crippen LogP contribution in [0.3, 0.4) is 0 Å². The highest BCUT2D eigenvalue weighted by molar-refractivity contribution is 5.95. The van der Waals surface area contributed by atoms with Crippen molar-refractivity contribution in [1.82, 2.24) is 20.2 Å². The second-order valence-corrected chi connectivity index (χ2v) is 6.27. The molecule has 1 aromatic heterocycles. The fourth-order valence-corrected chi connectivity index (χ4v) is 2.84. The lowest BCUT2D eigenvalue weighted by Crippen LogP contribution is -2.38. The highest BCUT2D eigenvalue weighted by Crippen LogP contribution is 2.25. The van der Waals surface area contributed by atoms with Gasteiger partial charge in [0.15, 0.2) is 11.6 Å². The number of methoxy groups -OCH3 is 1. The van der Waals surface area contributed by atoms with E-state index in [2.05, 4.69) is 15.5 Å². The number of ether oxygens (including phenoxy) is 1. The summed E-state index contributed by atoms with van der Waals surface area (Å²) in [6, 6.07) is 11.8. The molecule has 140 valence electrons. The molecule has 1 amide bonds. The molecule has 2 aromatic carbocycles. The Kier molecular flexibility index (Phi) is 5.44. The first-order valence-corrected chi connectivity index (χ1v) is 8.47. The minimum absolute atomic E-state index is 0.120. The average Bonchev–Trinajstić information content (AvgIpc) is 3.17. The number of rotatable bonds is 6. The van der Waals surface area contributed by atoms with Gasteiger partial charge in [0.1, 0.15) is 6.33 Å². The summed E-state index contributed by atoms with van der Waals surface area (Å²) in [6.07, 6.45) is 1.70. The largest absolute Gasteiger partial charge is 0.494 e. The van der Waals surface area contributed by atoms with Crippen LogP contribution in [0.15, 0.2) is 48.8 Å². The molecule has 0 bridgehead atoms. The lowest BCUT2D eigenvalue weighted by molar-refractivity contribution is -0.118. The Morgan fingerprint density at radius 1 is 1.22 bits per heavy atom. The van der Waals surface area contributed by atoms with E-state index < -0.39 is 5.82 Å². The third-order valence-corrected chi connectivity index (χ3v) is 4.10. The van der Waals surface area contributed by atoms with E-state index in [0.717, 1.165) is 11.3 Å². The minimum atomic E-state index is -0.501. The van der Waals surface area contributed by atoms with E-state index in [9.17, 15) is 9.18 Å². The SMILES string of the molecule is COc1ccc(N(C(=O)Cc2ccc(-n3cnnn3)cc2)C(C)C)cc1F. The second kappa shape index (κ2) is 7.94. The van der Waals surface area contributed by atoms with Gasteiger partial charge >= 0.3 is 0 Å². The third-order valence-electron chi connectivity index (χ3n) is 4.10. The molecule has 0 saturated heterocycles. The fourth-order valence-electron chi connectivity index (χ4n) is 2.84. The number of amides is 1. The van der Waals surface area contributed by atoms with Crippen molar-refractivity contribution in [3.63, 3.8) is 0 Å². The van der Waals surface area contributed by atoms with Gasteiger partial charge in [-0.1, -0.05) is 12.1 Å². The first kappa shape index (κ1) is 18.5. The topological polar surface area (TPSA) is 73.1 Å². The number of nitrogens with zero attached hydrogens (tertiary/aromatic N) is 5. The molecular weight excluding hydrogens is 349 g/mol. The molecule has 0 unspecified atom stereocenters. The zero-order valence-electron chi connectivity index (χ0n) is 15.3. The average molecular weight is 369 g/mol. The fraction of sp³-hybridized carbons (Fsp3) is 0.263. The molecule has 0 N–H and O–H groups in total. The highest BCUT2D eigenvalue weighted by Gasteiger charge is 2.20. The summed E-state index contributed by atoms with van der Waals surface area (Å²) in [7, 11) is 1.41. The molecular formula is C19H20FN5O2. The van der Waals surface area contributed by atoms with Crippen LogP contribution >= 0.6 is 0 Å². The molecule has 1 heterocycles. The Labute approximate surface area is 156 Å². The molecule has 7 nitrogen and oxygen atoms in total. The van der Waals surface area contributed by atoms with Crippen molar-refractivity contribution in [2.45, 2.75) is 26.3 Å². The Morgan fingerprint density at radius 3 is 2.52 bits per heavy atom. The summed E-state index contributed by atoms with van der Waals surface area (Å²) < 4.78 is 20.5. The molecule has 0 atom stereocenters. The van der Waals surface area contributed by atoms with Crippen LogP contribution in [0.5, 0.6) is 5.75 Å². The van der Waals surface area contributed by atoms with Gasteiger partial charge in [-0.25, -0.2) is 9.07 Å². The van der Waals surface area contributed by atoms with Crippen LogP contribution < -0.4 is 9.64 Å². The molecule has 3 aromatic rings. The lowest BCUT2D eigenvalue weighted by atomic mass is 10.1. The number of carbonyl (C=O) groups is 1. The molecule has 0 aliphatic rings. The Bertz CT molecular complexity index is 910. The quantitative estimate of drug-likeness (QED) is 0.668. The maximum Gasteiger partial charge on any atom is 0.231 e. The predicted molar refractivity (Wildman–Crippen MR) is 98.4 cm³/mol. The molecule has 0 aliphatic heterocycles. The van der Waals surface area contributed by atoms with E-state index in [0.29, 0.717) is 5.69 Å². The van der Waals surface area contributed by atoms with E-state index in [1.54, 1.807) is 11.0 Å². The van der Waals surface area contributed by atoms with Crippen molar-refractivity contribution in [3.8, 4) is 11.4 Å². The smallest absolute Gasteiger partial charge is 0.231 e. The number of carbonyl (C=O) groups excluding carboxylic acids is 1. The highest BCUT2D eigenvalue weighted by atomic mass is 19.1. The summed E-state index contributed by atoms with van der Waals surface area (Å²) >= 11 is 0. The van der Waals surface area contributed by atoms with Gasteiger partial charge in [0.25, 0.3) is 0 Å². The van der Waals surface area contributed by atoms with Crippen molar-refractivity contribution in [1.29, 1.82) is 0 Å². The van der Waals surface area contributed by atoms with E-state index >= 15 is 0 Å². The maximum atomic E-state index is 14.1. The molecule has 27 heavy (non-hydrogen) atoms.